The topological polar surface area (TPSA) is 12.5 Å². The van der Waals surface area contributed by atoms with Crippen molar-refractivity contribution in [2.45, 2.75) is 37.9 Å². The molecule has 1 aliphatic carbocycles. The average molecular weight is 203 g/mol. The van der Waals surface area contributed by atoms with Gasteiger partial charge in [0.2, 0.25) is 0 Å². The predicted octanol–water partition coefficient (Wildman–Crippen LogP) is 2.61. The lowest BCUT2D eigenvalue weighted by atomic mass is 10.1. The predicted molar refractivity (Wildman–Crippen MR) is 44.1 cm³/mol. The van der Waals surface area contributed by atoms with Crippen LogP contribution in [0.2, 0.25) is 0 Å². The molecule has 0 bridgehead atoms. The zero-order valence-corrected chi connectivity index (χ0v) is 7.43. The lowest BCUT2D eigenvalue weighted by molar-refractivity contribution is 0.359. The van der Waals surface area contributed by atoms with Crippen molar-refractivity contribution < 1.29 is 4.74 Å². The quantitative estimate of drug-likeness (QED) is 0.551. The average Bonchev–Trinajstić information content (AvgIpc) is 2.59. The molecule has 0 unspecified atom stereocenters. The minimum atomic E-state index is 0.598. The van der Waals surface area contributed by atoms with Crippen LogP contribution in [0.4, 0.5) is 0 Å². The van der Waals surface area contributed by atoms with Gasteiger partial charge in [-0.1, -0.05) is 22.0 Å². The molecule has 0 aromatic carbocycles. The number of fused-ring (bicyclic) bond motifs is 1. The Bertz CT molecular complexity index is 165. The number of ether oxygens (including phenoxy) is 1. The monoisotopic (exact) mass is 202 g/mol. The van der Waals surface area contributed by atoms with Gasteiger partial charge in [-0.15, -0.1) is 0 Å². The minimum Gasteiger partial charge on any atom is -0.370 e. The first-order valence-electron chi connectivity index (χ1n) is 3.86. The molecule has 0 amide bonds. The summed E-state index contributed by atoms with van der Waals surface area (Å²) in [6.07, 6.45) is 8.26. The number of hydrogen-bond donors (Lipinski definition) is 0. The van der Waals surface area contributed by atoms with E-state index in [9.17, 15) is 0 Å². The second-order valence-electron chi connectivity index (χ2n) is 2.98. The largest absolute Gasteiger partial charge is 0.370 e. The number of rotatable bonds is 0. The van der Waals surface area contributed by atoms with Crippen LogP contribution in [0, 0.1) is 0 Å². The molecule has 2 atom stereocenters. The van der Waals surface area contributed by atoms with Gasteiger partial charge in [0.1, 0.15) is 0 Å². The van der Waals surface area contributed by atoms with Crippen LogP contribution in [0.3, 0.4) is 0 Å². The summed E-state index contributed by atoms with van der Waals surface area (Å²) in [7, 11) is 0. The van der Waals surface area contributed by atoms with Crippen LogP contribution in [0.5, 0.6) is 0 Å². The summed E-state index contributed by atoms with van der Waals surface area (Å²) in [4.78, 5) is 0. The Kier molecular flexibility index (Phi) is 1.83. The fraction of sp³-hybridized carbons (Fsp3) is 0.750. The summed E-state index contributed by atoms with van der Waals surface area (Å²) in [6.45, 7) is 0. The van der Waals surface area contributed by atoms with Gasteiger partial charge in [-0.3, -0.25) is 0 Å². The molecule has 1 heterocycles. The van der Waals surface area contributed by atoms with E-state index < -0.39 is 0 Å². The van der Waals surface area contributed by atoms with Crippen molar-refractivity contribution in [3.05, 3.63) is 10.6 Å². The zero-order chi connectivity index (χ0) is 6.97. The van der Waals surface area contributed by atoms with E-state index in [0.717, 1.165) is 0 Å². The van der Waals surface area contributed by atoms with Gasteiger partial charge < -0.3 is 4.74 Å². The van der Waals surface area contributed by atoms with Gasteiger partial charge in [0.05, 0.1) is 12.2 Å². The molecule has 1 aliphatic heterocycles. The summed E-state index contributed by atoms with van der Waals surface area (Å²) < 4.78 is 6.79. The van der Waals surface area contributed by atoms with Crippen molar-refractivity contribution in [2.24, 2.45) is 0 Å². The van der Waals surface area contributed by atoms with Gasteiger partial charge in [0.15, 0.2) is 0 Å². The Hall–Kier alpha value is 0.180. The van der Waals surface area contributed by atoms with Crippen molar-refractivity contribution in [2.75, 3.05) is 0 Å². The van der Waals surface area contributed by atoms with Crippen LogP contribution < -0.4 is 0 Å². The fourth-order valence-corrected chi connectivity index (χ4v) is 1.93. The SMILES string of the molecule is Br/C1=C/CC[C@H]2O[C@H]2CC1. The van der Waals surface area contributed by atoms with E-state index in [4.69, 9.17) is 4.74 Å². The third kappa shape index (κ3) is 1.43. The second-order valence-corrected chi connectivity index (χ2v) is 4.00. The van der Waals surface area contributed by atoms with Crippen molar-refractivity contribution in [3.8, 4) is 0 Å². The number of hydrogen-bond acceptors (Lipinski definition) is 1. The summed E-state index contributed by atoms with van der Waals surface area (Å²) in [6, 6.07) is 0. The molecule has 2 rings (SSSR count). The van der Waals surface area contributed by atoms with E-state index in [1.807, 2.05) is 0 Å². The van der Waals surface area contributed by atoms with Gasteiger partial charge in [0, 0.05) is 0 Å². The fourth-order valence-electron chi connectivity index (χ4n) is 1.47. The molecular formula is C8H11BrO. The molecule has 0 aromatic rings. The van der Waals surface area contributed by atoms with Crippen LogP contribution in [0.1, 0.15) is 25.7 Å². The molecule has 0 aromatic heterocycles. The Morgan fingerprint density at radius 3 is 3.10 bits per heavy atom. The van der Waals surface area contributed by atoms with Crippen LogP contribution in [0.15, 0.2) is 10.6 Å². The van der Waals surface area contributed by atoms with Crippen LogP contribution in [-0.4, -0.2) is 12.2 Å². The van der Waals surface area contributed by atoms with Crippen LogP contribution in [-0.2, 0) is 4.74 Å². The van der Waals surface area contributed by atoms with Crippen molar-refractivity contribution in [1.29, 1.82) is 0 Å². The maximum atomic E-state index is 5.43. The van der Waals surface area contributed by atoms with Gasteiger partial charge >= 0.3 is 0 Å². The lowest BCUT2D eigenvalue weighted by Crippen LogP contribution is -1.96. The minimum absolute atomic E-state index is 0.598. The molecule has 10 heavy (non-hydrogen) atoms. The Balaban J connectivity index is 1.95. The normalized spacial score (nSPS) is 44.3. The van der Waals surface area contributed by atoms with E-state index in [0.29, 0.717) is 12.2 Å². The highest BCUT2D eigenvalue weighted by molar-refractivity contribution is 9.11. The maximum Gasteiger partial charge on any atom is 0.0845 e. The molecule has 2 heteroatoms. The van der Waals surface area contributed by atoms with Crippen LogP contribution in [0.25, 0.3) is 0 Å². The van der Waals surface area contributed by atoms with Gasteiger partial charge in [-0.05, 0) is 30.2 Å². The summed E-state index contributed by atoms with van der Waals surface area (Å²) in [5.74, 6) is 0. The molecule has 56 valence electrons. The summed E-state index contributed by atoms with van der Waals surface area (Å²) in [5, 5.41) is 0. The van der Waals surface area contributed by atoms with E-state index in [-0.39, 0.29) is 0 Å². The number of epoxide rings is 1. The standard InChI is InChI=1S/C8H11BrO/c9-6-2-1-3-7-8(10-7)5-4-6/h2,7-8H,1,3-5H2/b6-2+/t7-,8+/m1/s1. The summed E-state index contributed by atoms with van der Waals surface area (Å²) >= 11 is 3.52. The van der Waals surface area contributed by atoms with E-state index in [1.54, 1.807) is 0 Å². The smallest absolute Gasteiger partial charge is 0.0845 e. The molecule has 1 fully saturated rings. The molecule has 0 saturated carbocycles. The molecular weight excluding hydrogens is 192 g/mol. The first-order valence-corrected chi connectivity index (χ1v) is 4.65. The van der Waals surface area contributed by atoms with Crippen molar-refractivity contribution >= 4 is 15.9 Å². The first-order chi connectivity index (χ1) is 4.86. The van der Waals surface area contributed by atoms with E-state index in [1.165, 1.54) is 30.2 Å². The first kappa shape index (κ1) is 6.86. The van der Waals surface area contributed by atoms with E-state index in [2.05, 4.69) is 22.0 Å². The number of halogens is 1. The molecule has 1 saturated heterocycles. The van der Waals surface area contributed by atoms with Crippen molar-refractivity contribution in [3.63, 3.8) is 0 Å². The Morgan fingerprint density at radius 1 is 1.40 bits per heavy atom. The molecule has 2 aliphatic rings. The third-order valence-corrected chi connectivity index (χ3v) is 2.89. The zero-order valence-electron chi connectivity index (χ0n) is 5.85. The second kappa shape index (κ2) is 2.67. The Labute approximate surface area is 69.6 Å². The molecule has 0 spiro atoms. The van der Waals surface area contributed by atoms with Crippen LogP contribution >= 0.6 is 15.9 Å². The lowest BCUT2D eigenvalue weighted by Gasteiger charge is -2.00. The summed E-state index contributed by atoms with van der Waals surface area (Å²) in [5.41, 5.74) is 0. The number of allylic oxidation sites excluding steroid dienone is 2. The van der Waals surface area contributed by atoms with E-state index >= 15 is 0 Å². The third-order valence-electron chi connectivity index (χ3n) is 2.17. The Morgan fingerprint density at radius 2 is 2.20 bits per heavy atom. The van der Waals surface area contributed by atoms with Gasteiger partial charge in [0.25, 0.3) is 0 Å². The van der Waals surface area contributed by atoms with Gasteiger partial charge in [-0.2, -0.15) is 0 Å². The highest BCUT2D eigenvalue weighted by Gasteiger charge is 2.37. The van der Waals surface area contributed by atoms with Gasteiger partial charge in [-0.25, -0.2) is 0 Å². The molecule has 0 radical (unpaired) electrons. The molecule has 0 N–H and O–H groups in total. The maximum absolute atomic E-state index is 5.43. The molecule has 1 nitrogen and oxygen atoms in total. The highest BCUT2D eigenvalue weighted by atomic mass is 79.9. The van der Waals surface area contributed by atoms with Crippen molar-refractivity contribution in [1.82, 2.24) is 0 Å². The highest BCUT2D eigenvalue weighted by Crippen LogP contribution is 2.34.